The van der Waals surface area contributed by atoms with Crippen molar-refractivity contribution < 1.29 is 9.84 Å². The van der Waals surface area contributed by atoms with Gasteiger partial charge in [0, 0.05) is 13.7 Å². The number of anilines is 1. The van der Waals surface area contributed by atoms with Crippen LogP contribution in [0.1, 0.15) is 6.42 Å². The highest BCUT2D eigenvalue weighted by Crippen LogP contribution is 2.27. The van der Waals surface area contributed by atoms with Crippen molar-refractivity contribution in [2.45, 2.75) is 18.6 Å². The van der Waals surface area contributed by atoms with Gasteiger partial charge in [-0.05, 0) is 6.42 Å². The van der Waals surface area contributed by atoms with Crippen molar-refractivity contribution in [3.8, 4) is 0 Å². The van der Waals surface area contributed by atoms with Crippen LogP contribution < -0.4 is 4.90 Å². The van der Waals surface area contributed by atoms with Crippen LogP contribution in [-0.4, -0.2) is 47.7 Å². The molecule has 1 aliphatic heterocycles. The van der Waals surface area contributed by atoms with Gasteiger partial charge < -0.3 is 14.7 Å². The molecule has 0 radical (unpaired) electrons. The fourth-order valence-corrected chi connectivity index (χ4v) is 2.39. The number of aliphatic hydroxyl groups is 1. The van der Waals surface area contributed by atoms with Gasteiger partial charge in [-0.2, -0.15) is 0 Å². The monoisotopic (exact) mass is 215 g/mol. The minimum absolute atomic E-state index is 0.118. The van der Waals surface area contributed by atoms with E-state index in [2.05, 4.69) is 15.1 Å². The molecule has 6 heteroatoms. The minimum Gasteiger partial charge on any atom is -0.394 e. The molecule has 14 heavy (non-hydrogen) atoms. The normalized spacial score (nSPS) is 27.1. The smallest absolute Gasteiger partial charge is 0.208 e. The van der Waals surface area contributed by atoms with Crippen LogP contribution in [-0.2, 0) is 4.74 Å². The predicted molar refractivity (Wildman–Crippen MR) is 53.5 cm³/mol. The summed E-state index contributed by atoms with van der Waals surface area (Å²) in [5, 5.41) is 17.9. The Morgan fingerprint density at radius 2 is 2.64 bits per heavy atom. The van der Waals surface area contributed by atoms with Crippen molar-refractivity contribution in [1.29, 1.82) is 0 Å². The first-order valence-corrected chi connectivity index (χ1v) is 5.39. The molecule has 5 nitrogen and oxygen atoms in total. The fraction of sp³-hybridized carbons (Fsp3) is 0.750. The molecule has 1 aromatic rings. The lowest BCUT2D eigenvalue weighted by Gasteiger charge is -2.20. The molecule has 1 fully saturated rings. The molecule has 1 saturated heterocycles. The molecule has 2 unspecified atom stereocenters. The molecule has 0 saturated carbocycles. The number of aliphatic hydroxyl groups excluding tert-OH is 1. The largest absolute Gasteiger partial charge is 0.394 e. The van der Waals surface area contributed by atoms with Crippen molar-refractivity contribution in [3.05, 3.63) is 5.51 Å². The topological polar surface area (TPSA) is 58.5 Å². The van der Waals surface area contributed by atoms with E-state index in [1.54, 1.807) is 12.6 Å². The second kappa shape index (κ2) is 4.20. The average Bonchev–Trinajstić information content (AvgIpc) is 2.85. The van der Waals surface area contributed by atoms with Crippen molar-refractivity contribution in [2.75, 3.05) is 25.2 Å². The molecule has 0 amide bonds. The second-order valence-corrected chi connectivity index (χ2v) is 4.12. The van der Waals surface area contributed by atoms with Gasteiger partial charge in [-0.25, -0.2) is 0 Å². The quantitative estimate of drug-likeness (QED) is 0.776. The van der Waals surface area contributed by atoms with Gasteiger partial charge in [-0.15, -0.1) is 10.2 Å². The Balaban J connectivity index is 2.11. The summed E-state index contributed by atoms with van der Waals surface area (Å²) in [6, 6.07) is 0.118. The van der Waals surface area contributed by atoms with E-state index in [0.717, 1.165) is 18.1 Å². The maximum atomic E-state index is 9.21. The number of hydrogen-bond acceptors (Lipinski definition) is 6. The summed E-state index contributed by atoms with van der Waals surface area (Å²) in [7, 11) is 1.70. The first-order chi connectivity index (χ1) is 6.85. The third-order valence-electron chi connectivity index (χ3n) is 2.51. The number of hydrogen-bond donors (Lipinski definition) is 1. The van der Waals surface area contributed by atoms with Gasteiger partial charge in [-0.1, -0.05) is 11.3 Å². The van der Waals surface area contributed by atoms with Gasteiger partial charge in [-0.3, -0.25) is 0 Å². The van der Waals surface area contributed by atoms with Crippen molar-refractivity contribution >= 4 is 16.5 Å². The highest BCUT2D eigenvalue weighted by atomic mass is 32.1. The van der Waals surface area contributed by atoms with Crippen LogP contribution in [0.5, 0.6) is 0 Å². The van der Waals surface area contributed by atoms with E-state index < -0.39 is 0 Å². The zero-order valence-electron chi connectivity index (χ0n) is 7.96. The van der Waals surface area contributed by atoms with Crippen LogP contribution in [0.25, 0.3) is 0 Å². The number of rotatable bonds is 3. The maximum Gasteiger partial charge on any atom is 0.208 e. The van der Waals surface area contributed by atoms with Crippen LogP contribution >= 0.6 is 11.3 Å². The van der Waals surface area contributed by atoms with Gasteiger partial charge in [0.1, 0.15) is 5.51 Å². The molecule has 0 spiro atoms. The van der Waals surface area contributed by atoms with E-state index >= 15 is 0 Å². The van der Waals surface area contributed by atoms with E-state index in [1.807, 2.05) is 0 Å². The Morgan fingerprint density at radius 1 is 1.79 bits per heavy atom. The van der Waals surface area contributed by atoms with Crippen LogP contribution in [0.4, 0.5) is 5.13 Å². The van der Waals surface area contributed by atoms with Gasteiger partial charge in [0.05, 0.1) is 18.8 Å². The molecule has 0 bridgehead atoms. The third-order valence-corrected chi connectivity index (χ3v) is 3.24. The molecular weight excluding hydrogens is 202 g/mol. The van der Waals surface area contributed by atoms with Gasteiger partial charge >= 0.3 is 0 Å². The Labute approximate surface area is 86.3 Å². The Hall–Kier alpha value is -0.720. The molecule has 78 valence electrons. The van der Waals surface area contributed by atoms with Crippen LogP contribution in [0, 0.1) is 0 Å². The van der Waals surface area contributed by atoms with Crippen LogP contribution in [0.3, 0.4) is 0 Å². The first kappa shape index (κ1) is 9.82. The van der Waals surface area contributed by atoms with Crippen molar-refractivity contribution in [1.82, 2.24) is 10.2 Å². The molecule has 0 aliphatic carbocycles. The van der Waals surface area contributed by atoms with Crippen LogP contribution in [0.2, 0.25) is 0 Å². The van der Waals surface area contributed by atoms with Gasteiger partial charge in [0.15, 0.2) is 0 Å². The first-order valence-electron chi connectivity index (χ1n) is 4.51. The lowest BCUT2D eigenvalue weighted by molar-refractivity contribution is 0.115. The van der Waals surface area contributed by atoms with E-state index in [4.69, 9.17) is 4.74 Å². The van der Waals surface area contributed by atoms with E-state index in [1.165, 1.54) is 11.3 Å². The van der Waals surface area contributed by atoms with E-state index in [9.17, 15) is 5.11 Å². The summed E-state index contributed by atoms with van der Waals surface area (Å²) in [6.07, 6.45) is 1.04. The molecule has 0 aromatic carbocycles. The summed E-state index contributed by atoms with van der Waals surface area (Å²) in [5.74, 6) is 0. The number of aromatic nitrogens is 2. The molecule has 2 rings (SSSR count). The molecule has 1 N–H and O–H groups in total. The highest BCUT2D eigenvalue weighted by Gasteiger charge is 2.33. The summed E-state index contributed by atoms with van der Waals surface area (Å²) < 4.78 is 5.28. The highest BCUT2D eigenvalue weighted by molar-refractivity contribution is 7.13. The van der Waals surface area contributed by atoms with Crippen molar-refractivity contribution in [2.24, 2.45) is 0 Å². The van der Waals surface area contributed by atoms with Gasteiger partial charge in [0.25, 0.3) is 0 Å². The second-order valence-electron chi connectivity index (χ2n) is 3.30. The van der Waals surface area contributed by atoms with Crippen molar-refractivity contribution in [3.63, 3.8) is 0 Å². The zero-order chi connectivity index (χ0) is 9.97. The standard InChI is InChI=1S/C8H13N3O2S/c1-13-7-2-6(4-12)11(3-7)8-10-9-5-14-8/h5-7,12H,2-4H2,1H3. The Morgan fingerprint density at radius 3 is 3.21 bits per heavy atom. The minimum atomic E-state index is 0.118. The molecule has 1 aliphatic rings. The van der Waals surface area contributed by atoms with E-state index in [-0.39, 0.29) is 18.8 Å². The fourth-order valence-electron chi connectivity index (χ4n) is 1.74. The Bertz CT molecular complexity index is 280. The Kier molecular flexibility index (Phi) is 2.95. The number of nitrogens with zero attached hydrogens (tertiary/aromatic N) is 3. The molecule has 2 heterocycles. The average molecular weight is 215 g/mol. The third kappa shape index (κ3) is 1.73. The van der Waals surface area contributed by atoms with Crippen LogP contribution in [0.15, 0.2) is 5.51 Å². The molecular formula is C8H13N3O2S. The lowest BCUT2D eigenvalue weighted by atomic mass is 10.2. The summed E-state index contributed by atoms with van der Waals surface area (Å²) >= 11 is 1.49. The molecule has 1 aromatic heterocycles. The summed E-state index contributed by atoms with van der Waals surface area (Å²) in [6.45, 7) is 0.927. The van der Waals surface area contributed by atoms with Gasteiger partial charge in [0.2, 0.25) is 5.13 Å². The molecule has 2 atom stereocenters. The lowest BCUT2D eigenvalue weighted by Crippen LogP contribution is -2.32. The maximum absolute atomic E-state index is 9.21. The zero-order valence-corrected chi connectivity index (χ0v) is 8.78. The number of methoxy groups -OCH3 is 1. The summed E-state index contributed by atoms with van der Waals surface area (Å²) in [5.41, 5.74) is 1.70. The number of ether oxygens (including phenoxy) is 1. The SMILES string of the molecule is COC1CC(CO)N(c2nncs2)C1. The van der Waals surface area contributed by atoms with E-state index in [0.29, 0.717) is 0 Å². The summed E-state index contributed by atoms with van der Waals surface area (Å²) in [4.78, 5) is 2.06. The predicted octanol–water partition coefficient (Wildman–Crippen LogP) is 0.124.